The molecular weight excluding hydrogens is 289 g/mol. The lowest BCUT2D eigenvalue weighted by Crippen LogP contribution is -2.24. The smallest absolute Gasteiger partial charge is 0.231 e. The number of hydrogen-bond donors (Lipinski definition) is 1. The van der Waals surface area contributed by atoms with E-state index in [0.717, 1.165) is 24.8 Å². The summed E-state index contributed by atoms with van der Waals surface area (Å²) in [5.41, 5.74) is 2.76. The average Bonchev–Trinajstić information content (AvgIpc) is 2.49. The van der Waals surface area contributed by atoms with Crippen LogP contribution in [0.5, 0.6) is 0 Å². The number of amides is 1. The van der Waals surface area contributed by atoms with Crippen LogP contribution in [-0.2, 0) is 11.2 Å². The second-order valence-electron chi connectivity index (χ2n) is 5.26. The van der Waals surface area contributed by atoms with Crippen LogP contribution < -0.4 is 5.32 Å². The zero-order chi connectivity index (χ0) is 14.8. The van der Waals surface area contributed by atoms with Crippen LogP contribution >= 0.6 is 11.6 Å². The van der Waals surface area contributed by atoms with E-state index in [9.17, 15) is 9.18 Å². The third kappa shape index (κ3) is 2.93. The van der Waals surface area contributed by atoms with Crippen molar-refractivity contribution in [1.82, 2.24) is 0 Å². The van der Waals surface area contributed by atoms with Crippen LogP contribution in [-0.4, -0.2) is 5.91 Å². The summed E-state index contributed by atoms with van der Waals surface area (Å²) in [6.45, 7) is 0. The molecule has 2 nitrogen and oxygen atoms in total. The topological polar surface area (TPSA) is 29.1 Å². The van der Waals surface area contributed by atoms with Gasteiger partial charge >= 0.3 is 0 Å². The zero-order valence-electron chi connectivity index (χ0n) is 11.4. The Hall–Kier alpha value is -1.87. The molecule has 1 aliphatic carbocycles. The third-order valence-electron chi connectivity index (χ3n) is 3.87. The van der Waals surface area contributed by atoms with Crippen LogP contribution in [0.15, 0.2) is 42.5 Å². The van der Waals surface area contributed by atoms with Crippen molar-refractivity contribution in [1.29, 1.82) is 0 Å². The summed E-state index contributed by atoms with van der Waals surface area (Å²) in [6.07, 6.45) is 2.82. The van der Waals surface area contributed by atoms with Gasteiger partial charge in [0, 0.05) is 0 Å². The molecule has 0 bridgehead atoms. The van der Waals surface area contributed by atoms with Crippen LogP contribution in [0.2, 0.25) is 5.02 Å². The maximum Gasteiger partial charge on any atom is 0.231 e. The number of fused-ring (bicyclic) bond motifs is 1. The molecule has 1 aliphatic rings. The Labute approximate surface area is 127 Å². The highest BCUT2D eigenvalue weighted by Gasteiger charge is 2.26. The first-order chi connectivity index (χ1) is 10.1. The summed E-state index contributed by atoms with van der Waals surface area (Å²) in [7, 11) is 0. The van der Waals surface area contributed by atoms with Crippen molar-refractivity contribution >= 4 is 23.2 Å². The molecule has 108 valence electrons. The normalized spacial score (nSPS) is 17.1. The molecule has 0 fully saturated rings. The highest BCUT2D eigenvalue weighted by atomic mass is 35.5. The van der Waals surface area contributed by atoms with Crippen LogP contribution in [0, 0.1) is 5.82 Å². The van der Waals surface area contributed by atoms with Gasteiger partial charge < -0.3 is 5.32 Å². The van der Waals surface area contributed by atoms with Crippen LogP contribution in [0.25, 0.3) is 0 Å². The Morgan fingerprint density at radius 1 is 1.24 bits per heavy atom. The first-order valence-corrected chi connectivity index (χ1v) is 7.36. The Kier molecular flexibility index (Phi) is 3.93. The Bertz CT molecular complexity index is 686. The second kappa shape index (κ2) is 5.86. The van der Waals surface area contributed by atoms with Gasteiger partial charge in [0.1, 0.15) is 5.82 Å². The highest BCUT2D eigenvalue weighted by molar-refractivity contribution is 6.33. The van der Waals surface area contributed by atoms with E-state index >= 15 is 0 Å². The molecule has 1 unspecified atom stereocenters. The summed E-state index contributed by atoms with van der Waals surface area (Å²) in [6, 6.07) is 12.0. The minimum Gasteiger partial charge on any atom is -0.324 e. The lowest BCUT2D eigenvalue weighted by Gasteiger charge is -2.24. The molecule has 3 rings (SSSR count). The molecule has 1 N–H and O–H groups in total. The minimum absolute atomic E-state index is 0.0874. The third-order valence-corrected chi connectivity index (χ3v) is 4.19. The van der Waals surface area contributed by atoms with Crippen molar-refractivity contribution in [3.05, 3.63) is 64.4 Å². The van der Waals surface area contributed by atoms with Gasteiger partial charge in [0.25, 0.3) is 0 Å². The van der Waals surface area contributed by atoms with Crippen molar-refractivity contribution in [3.63, 3.8) is 0 Å². The number of halogens is 2. The fourth-order valence-corrected chi connectivity index (χ4v) is 3.05. The van der Waals surface area contributed by atoms with E-state index in [-0.39, 0.29) is 16.8 Å². The van der Waals surface area contributed by atoms with Gasteiger partial charge in [-0.05, 0) is 48.6 Å². The van der Waals surface area contributed by atoms with Gasteiger partial charge in [-0.15, -0.1) is 0 Å². The van der Waals surface area contributed by atoms with Gasteiger partial charge in [-0.2, -0.15) is 0 Å². The van der Waals surface area contributed by atoms with E-state index < -0.39 is 5.82 Å². The Morgan fingerprint density at radius 3 is 2.86 bits per heavy atom. The molecule has 2 aromatic carbocycles. The summed E-state index contributed by atoms with van der Waals surface area (Å²) < 4.78 is 13.0. The van der Waals surface area contributed by atoms with Gasteiger partial charge in [-0.3, -0.25) is 4.79 Å². The molecule has 0 radical (unpaired) electrons. The quantitative estimate of drug-likeness (QED) is 0.867. The average molecular weight is 304 g/mol. The Morgan fingerprint density at radius 2 is 2.05 bits per heavy atom. The molecular formula is C17H15ClFNO. The number of anilines is 1. The van der Waals surface area contributed by atoms with E-state index in [2.05, 4.69) is 11.4 Å². The van der Waals surface area contributed by atoms with Crippen molar-refractivity contribution in [2.45, 2.75) is 25.2 Å². The molecule has 0 aliphatic heterocycles. The number of nitrogens with one attached hydrogen (secondary N) is 1. The minimum atomic E-state index is -0.416. The van der Waals surface area contributed by atoms with E-state index in [1.54, 1.807) is 0 Å². The standard InChI is InChI=1S/C17H15ClFNO/c18-15-10-12(19)8-9-16(15)20-17(21)14-7-3-5-11-4-1-2-6-13(11)14/h1-2,4,6,8-10,14H,3,5,7H2,(H,20,21). The van der Waals surface area contributed by atoms with E-state index in [1.165, 1.54) is 23.8 Å². The first kappa shape index (κ1) is 14.1. The summed E-state index contributed by atoms with van der Waals surface area (Å²) in [4.78, 5) is 12.5. The maximum atomic E-state index is 13.0. The second-order valence-corrected chi connectivity index (χ2v) is 5.66. The van der Waals surface area contributed by atoms with Crippen molar-refractivity contribution < 1.29 is 9.18 Å². The first-order valence-electron chi connectivity index (χ1n) is 6.99. The van der Waals surface area contributed by atoms with Crippen molar-refractivity contribution in [3.8, 4) is 0 Å². The van der Waals surface area contributed by atoms with Crippen LogP contribution in [0.3, 0.4) is 0 Å². The maximum absolute atomic E-state index is 13.0. The Balaban J connectivity index is 1.83. The molecule has 2 aromatic rings. The number of carbonyl (C=O) groups is 1. The van der Waals surface area contributed by atoms with E-state index in [4.69, 9.17) is 11.6 Å². The zero-order valence-corrected chi connectivity index (χ0v) is 12.2. The predicted octanol–water partition coefficient (Wildman–Crippen LogP) is 4.54. The fourth-order valence-electron chi connectivity index (χ4n) is 2.84. The highest BCUT2D eigenvalue weighted by Crippen LogP contribution is 2.33. The molecule has 0 saturated carbocycles. The van der Waals surface area contributed by atoms with E-state index in [0.29, 0.717) is 5.69 Å². The van der Waals surface area contributed by atoms with Gasteiger partial charge in [0.15, 0.2) is 0 Å². The molecule has 1 atom stereocenters. The van der Waals surface area contributed by atoms with Gasteiger partial charge in [-0.25, -0.2) is 4.39 Å². The molecule has 1 amide bonds. The van der Waals surface area contributed by atoms with E-state index in [1.807, 2.05) is 18.2 Å². The lowest BCUT2D eigenvalue weighted by molar-refractivity contribution is -0.117. The lowest BCUT2D eigenvalue weighted by atomic mass is 9.82. The number of hydrogen-bond acceptors (Lipinski definition) is 1. The molecule has 0 aromatic heterocycles. The van der Waals surface area contributed by atoms with Gasteiger partial charge in [0.05, 0.1) is 16.6 Å². The van der Waals surface area contributed by atoms with Crippen molar-refractivity contribution in [2.75, 3.05) is 5.32 Å². The molecule has 21 heavy (non-hydrogen) atoms. The molecule has 0 spiro atoms. The number of rotatable bonds is 2. The summed E-state index contributed by atoms with van der Waals surface area (Å²) in [5, 5.41) is 3.03. The number of aryl methyl sites for hydroxylation is 1. The monoisotopic (exact) mass is 303 g/mol. The van der Waals surface area contributed by atoms with Crippen LogP contribution in [0.1, 0.15) is 29.9 Å². The molecule has 0 saturated heterocycles. The van der Waals surface area contributed by atoms with Gasteiger partial charge in [-0.1, -0.05) is 35.9 Å². The molecule has 0 heterocycles. The van der Waals surface area contributed by atoms with Crippen molar-refractivity contribution in [2.24, 2.45) is 0 Å². The SMILES string of the molecule is O=C(Nc1ccc(F)cc1Cl)C1CCCc2ccccc21. The molecule has 4 heteroatoms. The predicted molar refractivity (Wildman–Crippen MR) is 82.2 cm³/mol. The summed E-state index contributed by atoms with van der Waals surface area (Å²) >= 11 is 5.96. The fraction of sp³-hybridized carbons (Fsp3) is 0.235. The largest absolute Gasteiger partial charge is 0.324 e. The van der Waals surface area contributed by atoms with Gasteiger partial charge in [0.2, 0.25) is 5.91 Å². The summed E-state index contributed by atoms with van der Waals surface area (Å²) in [5.74, 6) is -0.673. The number of carbonyl (C=O) groups excluding carboxylic acids is 1. The number of benzene rings is 2. The van der Waals surface area contributed by atoms with Crippen LogP contribution in [0.4, 0.5) is 10.1 Å².